The minimum atomic E-state index is -0.427. The van der Waals surface area contributed by atoms with E-state index in [1.807, 2.05) is 37.3 Å². The lowest BCUT2D eigenvalue weighted by Gasteiger charge is -2.42. The summed E-state index contributed by atoms with van der Waals surface area (Å²) in [6, 6.07) is 9.86. The average molecular weight is 306 g/mol. The summed E-state index contributed by atoms with van der Waals surface area (Å²) < 4.78 is 17.3. The molecule has 1 fully saturated rings. The summed E-state index contributed by atoms with van der Waals surface area (Å²) in [7, 11) is 0. The normalized spacial score (nSPS) is 28.6. The molecule has 0 N–H and O–H groups in total. The molecule has 1 saturated heterocycles. The first kappa shape index (κ1) is 17.0. The molecule has 2 rings (SSSR count). The van der Waals surface area contributed by atoms with Crippen molar-refractivity contribution in [2.75, 3.05) is 6.61 Å². The van der Waals surface area contributed by atoms with Gasteiger partial charge in [0.25, 0.3) is 0 Å². The molecule has 0 spiro atoms. The van der Waals surface area contributed by atoms with Gasteiger partial charge in [-0.1, -0.05) is 51.1 Å². The predicted molar refractivity (Wildman–Crippen MR) is 84.2 cm³/mol. The minimum Gasteiger partial charge on any atom is -0.466 e. The van der Waals surface area contributed by atoms with Crippen LogP contribution in [0.1, 0.15) is 46.0 Å². The molecule has 22 heavy (non-hydrogen) atoms. The lowest BCUT2D eigenvalue weighted by atomic mass is 9.87. The van der Waals surface area contributed by atoms with Crippen molar-refractivity contribution in [3.63, 3.8) is 0 Å². The Morgan fingerprint density at radius 3 is 2.50 bits per heavy atom. The van der Waals surface area contributed by atoms with Crippen LogP contribution in [0.2, 0.25) is 0 Å². The summed E-state index contributed by atoms with van der Waals surface area (Å²) in [5.41, 5.74) is 0.980. The summed E-state index contributed by atoms with van der Waals surface area (Å²) in [6.07, 6.45) is -0.293. The van der Waals surface area contributed by atoms with Crippen molar-refractivity contribution in [3.8, 4) is 0 Å². The van der Waals surface area contributed by atoms with E-state index in [-0.39, 0.29) is 30.5 Å². The highest BCUT2D eigenvalue weighted by atomic mass is 16.7. The molecule has 1 aromatic carbocycles. The first-order valence-electron chi connectivity index (χ1n) is 8.04. The molecular weight excluding hydrogens is 280 g/mol. The zero-order valence-corrected chi connectivity index (χ0v) is 13.8. The fourth-order valence-electron chi connectivity index (χ4n) is 2.94. The van der Waals surface area contributed by atoms with E-state index >= 15 is 0 Å². The van der Waals surface area contributed by atoms with Crippen molar-refractivity contribution in [2.24, 2.45) is 11.8 Å². The number of esters is 1. The second kappa shape index (κ2) is 7.75. The Kier molecular flexibility index (Phi) is 5.98. The molecule has 1 aromatic rings. The SMILES string of the molecule is CCOC(=O)C[C@H]1O[C@@H](c2ccccc2)O[C@@H](C(C)C)[C@H]1C. The van der Waals surface area contributed by atoms with Crippen molar-refractivity contribution >= 4 is 5.97 Å². The zero-order chi connectivity index (χ0) is 16.1. The third-order valence-corrected chi connectivity index (χ3v) is 4.09. The van der Waals surface area contributed by atoms with Crippen molar-refractivity contribution in [2.45, 2.75) is 52.6 Å². The molecule has 0 radical (unpaired) electrons. The minimum absolute atomic E-state index is 0.0541. The number of rotatable bonds is 5. The smallest absolute Gasteiger partial charge is 0.308 e. The van der Waals surface area contributed by atoms with E-state index < -0.39 is 6.29 Å². The van der Waals surface area contributed by atoms with Gasteiger partial charge in [-0.3, -0.25) is 4.79 Å². The highest BCUT2D eigenvalue weighted by Crippen LogP contribution is 2.37. The second-order valence-electron chi connectivity index (χ2n) is 6.13. The van der Waals surface area contributed by atoms with Crippen molar-refractivity contribution in [1.29, 1.82) is 0 Å². The van der Waals surface area contributed by atoms with E-state index in [9.17, 15) is 4.79 Å². The van der Waals surface area contributed by atoms with Gasteiger partial charge in [-0.25, -0.2) is 0 Å². The van der Waals surface area contributed by atoms with Crippen molar-refractivity contribution in [1.82, 2.24) is 0 Å². The van der Waals surface area contributed by atoms with Gasteiger partial charge in [0.05, 0.1) is 25.2 Å². The molecule has 1 aliphatic heterocycles. The second-order valence-corrected chi connectivity index (χ2v) is 6.13. The van der Waals surface area contributed by atoms with E-state index in [4.69, 9.17) is 14.2 Å². The molecule has 0 unspecified atom stereocenters. The quantitative estimate of drug-likeness (QED) is 0.778. The van der Waals surface area contributed by atoms with Gasteiger partial charge in [0.2, 0.25) is 0 Å². The molecular formula is C18H26O4. The number of carbonyl (C=O) groups excluding carboxylic acids is 1. The predicted octanol–water partition coefficient (Wildman–Crippen LogP) is 3.71. The van der Waals surface area contributed by atoms with Gasteiger partial charge in [0, 0.05) is 11.5 Å². The lowest BCUT2D eigenvalue weighted by molar-refractivity contribution is -0.280. The highest BCUT2D eigenvalue weighted by molar-refractivity contribution is 5.70. The van der Waals surface area contributed by atoms with E-state index in [1.54, 1.807) is 0 Å². The van der Waals surface area contributed by atoms with Crippen LogP contribution in [0.5, 0.6) is 0 Å². The fraction of sp³-hybridized carbons (Fsp3) is 0.611. The summed E-state index contributed by atoms with van der Waals surface area (Å²) in [4.78, 5) is 11.8. The Hall–Kier alpha value is -1.39. The zero-order valence-electron chi connectivity index (χ0n) is 13.8. The van der Waals surface area contributed by atoms with Crippen molar-refractivity contribution < 1.29 is 19.0 Å². The van der Waals surface area contributed by atoms with E-state index in [0.29, 0.717) is 12.5 Å². The maximum absolute atomic E-state index is 11.8. The van der Waals surface area contributed by atoms with E-state index in [0.717, 1.165) is 5.56 Å². The average Bonchev–Trinajstić information content (AvgIpc) is 2.50. The Morgan fingerprint density at radius 1 is 1.23 bits per heavy atom. The Balaban J connectivity index is 2.15. The summed E-state index contributed by atoms with van der Waals surface area (Å²) >= 11 is 0. The Bertz CT molecular complexity index is 471. The van der Waals surface area contributed by atoms with Crippen LogP contribution in [-0.4, -0.2) is 24.8 Å². The van der Waals surface area contributed by atoms with Crippen molar-refractivity contribution in [3.05, 3.63) is 35.9 Å². The van der Waals surface area contributed by atoms with Gasteiger partial charge < -0.3 is 14.2 Å². The molecule has 0 saturated carbocycles. The largest absolute Gasteiger partial charge is 0.466 e. The van der Waals surface area contributed by atoms with Gasteiger partial charge >= 0.3 is 5.97 Å². The Morgan fingerprint density at radius 2 is 1.91 bits per heavy atom. The van der Waals surface area contributed by atoms with Crippen LogP contribution in [0.3, 0.4) is 0 Å². The third kappa shape index (κ3) is 4.08. The van der Waals surface area contributed by atoms with Crippen LogP contribution in [0, 0.1) is 11.8 Å². The number of ether oxygens (including phenoxy) is 3. The van der Waals surface area contributed by atoms with Crippen LogP contribution in [0.25, 0.3) is 0 Å². The fourth-order valence-corrected chi connectivity index (χ4v) is 2.94. The third-order valence-electron chi connectivity index (χ3n) is 4.09. The van der Waals surface area contributed by atoms with Crippen LogP contribution in [-0.2, 0) is 19.0 Å². The molecule has 4 nitrogen and oxygen atoms in total. The summed E-state index contributed by atoms with van der Waals surface area (Å²) in [5, 5.41) is 0. The molecule has 4 heteroatoms. The van der Waals surface area contributed by atoms with E-state index in [1.165, 1.54) is 0 Å². The topological polar surface area (TPSA) is 44.8 Å². The van der Waals surface area contributed by atoms with Gasteiger partial charge in [-0.15, -0.1) is 0 Å². The van der Waals surface area contributed by atoms with Gasteiger partial charge in [-0.2, -0.15) is 0 Å². The standard InChI is InChI=1S/C18H26O4/c1-5-20-16(19)11-15-13(4)17(12(2)3)22-18(21-15)14-9-7-6-8-10-14/h6-10,12-13,15,17-18H,5,11H2,1-4H3/t13-,15+,17-,18+/m0/s1. The number of hydrogen-bond acceptors (Lipinski definition) is 4. The van der Waals surface area contributed by atoms with Crippen LogP contribution in [0.15, 0.2) is 30.3 Å². The first-order chi connectivity index (χ1) is 10.5. The monoisotopic (exact) mass is 306 g/mol. The van der Waals surface area contributed by atoms with Gasteiger partial charge in [0.15, 0.2) is 6.29 Å². The van der Waals surface area contributed by atoms with Crippen LogP contribution in [0.4, 0.5) is 0 Å². The molecule has 0 aromatic heterocycles. The maximum atomic E-state index is 11.8. The molecule has 122 valence electrons. The summed E-state index contributed by atoms with van der Waals surface area (Å²) in [5.74, 6) is 0.287. The summed E-state index contributed by atoms with van der Waals surface area (Å²) in [6.45, 7) is 8.56. The van der Waals surface area contributed by atoms with Crippen LogP contribution < -0.4 is 0 Å². The molecule has 4 atom stereocenters. The number of hydrogen-bond donors (Lipinski definition) is 0. The molecule has 0 amide bonds. The number of carbonyl (C=O) groups is 1. The van der Waals surface area contributed by atoms with Crippen LogP contribution >= 0.6 is 0 Å². The highest BCUT2D eigenvalue weighted by Gasteiger charge is 2.39. The maximum Gasteiger partial charge on any atom is 0.308 e. The molecule has 0 aliphatic carbocycles. The van der Waals surface area contributed by atoms with E-state index in [2.05, 4.69) is 20.8 Å². The molecule has 0 bridgehead atoms. The van der Waals surface area contributed by atoms with Gasteiger partial charge in [-0.05, 0) is 12.8 Å². The first-order valence-corrected chi connectivity index (χ1v) is 8.04. The lowest BCUT2D eigenvalue weighted by Crippen LogP contribution is -2.45. The number of benzene rings is 1. The molecule has 1 heterocycles. The molecule has 1 aliphatic rings. The Labute approximate surface area is 132 Å². The van der Waals surface area contributed by atoms with Gasteiger partial charge in [0.1, 0.15) is 0 Å².